The SMILES string of the molecule is C[C@@H]1C[C@@H](OC(=O)[C@H](O)c2ccccc2)CC(C)(C)C1. The first-order chi connectivity index (χ1) is 9.37. The summed E-state index contributed by atoms with van der Waals surface area (Å²) in [7, 11) is 0. The molecule has 1 aromatic rings. The highest BCUT2D eigenvalue weighted by atomic mass is 16.6. The fourth-order valence-corrected chi connectivity index (χ4v) is 3.35. The number of carbonyl (C=O) groups is 1. The van der Waals surface area contributed by atoms with Crippen molar-refractivity contribution in [1.82, 2.24) is 0 Å². The quantitative estimate of drug-likeness (QED) is 0.860. The normalized spacial score (nSPS) is 26.8. The number of hydrogen-bond donors (Lipinski definition) is 1. The van der Waals surface area contributed by atoms with Crippen LogP contribution in [-0.4, -0.2) is 17.2 Å². The summed E-state index contributed by atoms with van der Waals surface area (Å²) in [4.78, 5) is 12.1. The lowest BCUT2D eigenvalue weighted by Gasteiger charge is -2.38. The Morgan fingerprint density at radius 1 is 1.30 bits per heavy atom. The molecule has 3 heteroatoms. The average Bonchev–Trinajstić information content (AvgIpc) is 2.36. The zero-order valence-electron chi connectivity index (χ0n) is 12.5. The van der Waals surface area contributed by atoms with Crippen LogP contribution in [0.5, 0.6) is 0 Å². The van der Waals surface area contributed by atoms with Crippen LogP contribution in [0.25, 0.3) is 0 Å². The third-order valence-corrected chi connectivity index (χ3v) is 3.97. The Labute approximate surface area is 121 Å². The maximum Gasteiger partial charge on any atom is 0.339 e. The molecule has 20 heavy (non-hydrogen) atoms. The van der Waals surface area contributed by atoms with Crippen molar-refractivity contribution in [3.63, 3.8) is 0 Å². The Balaban J connectivity index is 1.97. The number of rotatable bonds is 3. The van der Waals surface area contributed by atoms with Gasteiger partial charge in [-0.3, -0.25) is 0 Å². The minimum absolute atomic E-state index is 0.0837. The molecule has 0 aromatic heterocycles. The van der Waals surface area contributed by atoms with Gasteiger partial charge in [0.2, 0.25) is 0 Å². The van der Waals surface area contributed by atoms with Crippen molar-refractivity contribution in [3.05, 3.63) is 35.9 Å². The second kappa shape index (κ2) is 5.96. The second-order valence-corrected chi connectivity index (χ2v) is 6.79. The van der Waals surface area contributed by atoms with Crippen molar-refractivity contribution in [3.8, 4) is 0 Å². The topological polar surface area (TPSA) is 46.5 Å². The molecule has 1 aliphatic carbocycles. The molecule has 1 saturated carbocycles. The van der Waals surface area contributed by atoms with Crippen LogP contribution in [0.15, 0.2) is 30.3 Å². The summed E-state index contributed by atoms with van der Waals surface area (Å²) < 4.78 is 5.52. The molecule has 3 atom stereocenters. The number of esters is 1. The molecule has 1 fully saturated rings. The van der Waals surface area contributed by atoms with E-state index in [1.54, 1.807) is 24.3 Å². The molecule has 0 spiro atoms. The van der Waals surface area contributed by atoms with Crippen LogP contribution in [0.2, 0.25) is 0 Å². The van der Waals surface area contributed by atoms with E-state index in [-0.39, 0.29) is 11.5 Å². The van der Waals surface area contributed by atoms with E-state index in [0.717, 1.165) is 19.3 Å². The Morgan fingerprint density at radius 3 is 2.55 bits per heavy atom. The first kappa shape index (κ1) is 15.0. The predicted molar refractivity (Wildman–Crippen MR) is 78.1 cm³/mol. The maximum absolute atomic E-state index is 12.1. The Morgan fingerprint density at radius 2 is 1.95 bits per heavy atom. The van der Waals surface area contributed by atoms with E-state index in [2.05, 4.69) is 20.8 Å². The van der Waals surface area contributed by atoms with Gasteiger partial charge >= 0.3 is 5.97 Å². The van der Waals surface area contributed by atoms with Crippen LogP contribution in [-0.2, 0) is 9.53 Å². The summed E-state index contributed by atoms with van der Waals surface area (Å²) in [5, 5.41) is 10.0. The molecular weight excluding hydrogens is 252 g/mol. The third kappa shape index (κ3) is 3.83. The molecule has 0 unspecified atom stereocenters. The second-order valence-electron chi connectivity index (χ2n) is 6.79. The minimum atomic E-state index is -1.18. The van der Waals surface area contributed by atoms with Crippen LogP contribution in [0, 0.1) is 11.3 Å². The molecule has 0 saturated heterocycles. The van der Waals surface area contributed by atoms with Crippen LogP contribution in [0.1, 0.15) is 51.7 Å². The number of hydrogen-bond acceptors (Lipinski definition) is 3. The summed E-state index contributed by atoms with van der Waals surface area (Å²) in [5.41, 5.74) is 0.779. The number of ether oxygens (including phenoxy) is 1. The van der Waals surface area contributed by atoms with Crippen molar-refractivity contribution < 1.29 is 14.6 Å². The molecule has 3 nitrogen and oxygen atoms in total. The zero-order valence-corrected chi connectivity index (χ0v) is 12.5. The van der Waals surface area contributed by atoms with Gasteiger partial charge in [-0.2, -0.15) is 0 Å². The number of benzene rings is 1. The molecule has 1 aromatic carbocycles. The van der Waals surface area contributed by atoms with Crippen molar-refractivity contribution in [2.24, 2.45) is 11.3 Å². The van der Waals surface area contributed by atoms with E-state index >= 15 is 0 Å². The van der Waals surface area contributed by atoms with E-state index < -0.39 is 12.1 Å². The number of aliphatic hydroxyl groups excluding tert-OH is 1. The lowest BCUT2D eigenvalue weighted by Crippen LogP contribution is -2.35. The fraction of sp³-hybridized carbons (Fsp3) is 0.588. The van der Waals surface area contributed by atoms with Gasteiger partial charge in [0.1, 0.15) is 6.10 Å². The Hall–Kier alpha value is -1.35. The van der Waals surface area contributed by atoms with E-state index in [1.807, 2.05) is 6.07 Å². The molecular formula is C17H24O3. The molecule has 0 amide bonds. The highest BCUT2D eigenvalue weighted by Gasteiger charge is 2.35. The summed E-state index contributed by atoms with van der Waals surface area (Å²) in [6, 6.07) is 8.93. The summed E-state index contributed by atoms with van der Waals surface area (Å²) in [6.07, 6.45) is 1.64. The van der Waals surface area contributed by atoms with Crippen molar-refractivity contribution in [1.29, 1.82) is 0 Å². The van der Waals surface area contributed by atoms with Gasteiger partial charge in [0.25, 0.3) is 0 Å². The summed E-state index contributed by atoms with van der Waals surface area (Å²) in [6.45, 7) is 6.60. The summed E-state index contributed by atoms with van der Waals surface area (Å²) in [5.74, 6) is 0.0107. The van der Waals surface area contributed by atoms with Crippen LogP contribution < -0.4 is 0 Å². The lowest BCUT2D eigenvalue weighted by molar-refractivity contribution is -0.163. The number of aliphatic hydroxyl groups is 1. The largest absolute Gasteiger partial charge is 0.460 e. The van der Waals surface area contributed by atoms with Crippen molar-refractivity contribution >= 4 is 5.97 Å². The predicted octanol–water partition coefficient (Wildman–Crippen LogP) is 3.48. The molecule has 2 rings (SSSR count). The Bertz CT molecular complexity index is 453. The lowest BCUT2D eigenvalue weighted by atomic mass is 9.71. The minimum Gasteiger partial charge on any atom is -0.460 e. The monoisotopic (exact) mass is 276 g/mol. The molecule has 0 bridgehead atoms. The smallest absolute Gasteiger partial charge is 0.339 e. The van der Waals surface area contributed by atoms with Crippen LogP contribution >= 0.6 is 0 Å². The molecule has 110 valence electrons. The maximum atomic E-state index is 12.1. The van der Waals surface area contributed by atoms with Crippen LogP contribution in [0.4, 0.5) is 0 Å². The molecule has 1 aliphatic rings. The molecule has 0 radical (unpaired) electrons. The van der Waals surface area contributed by atoms with E-state index in [0.29, 0.717) is 11.5 Å². The van der Waals surface area contributed by atoms with E-state index in [4.69, 9.17) is 4.74 Å². The standard InChI is InChI=1S/C17H24O3/c1-12-9-14(11-17(2,3)10-12)20-16(19)15(18)13-7-5-4-6-8-13/h4-8,12,14-15,18H,9-11H2,1-3H3/t12-,14-,15-/m1/s1. The molecule has 0 aliphatic heterocycles. The molecule has 0 heterocycles. The fourth-order valence-electron chi connectivity index (χ4n) is 3.35. The highest BCUT2D eigenvalue weighted by molar-refractivity contribution is 5.76. The van der Waals surface area contributed by atoms with E-state index in [1.165, 1.54) is 0 Å². The van der Waals surface area contributed by atoms with Crippen molar-refractivity contribution in [2.75, 3.05) is 0 Å². The number of carbonyl (C=O) groups excluding carboxylic acids is 1. The first-order valence-electron chi connectivity index (χ1n) is 7.31. The van der Waals surface area contributed by atoms with Crippen LogP contribution in [0.3, 0.4) is 0 Å². The van der Waals surface area contributed by atoms with Gasteiger partial charge in [0.15, 0.2) is 6.10 Å². The van der Waals surface area contributed by atoms with Gasteiger partial charge in [-0.15, -0.1) is 0 Å². The zero-order chi connectivity index (χ0) is 14.8. The van der Waals surface area contributed by atoms with Gasteiger partial charge in [0.05, 0.1) is 0 Å². The van der Waals surface area contributed by atoms with Gasteiger partial charge in [-0.05, 0) is 36.2 Å². The highest BCUT2D eigenvalue weighted by Crippen LogP contribution is 2.40. The van der Waals surface area contributed by atoms with E-state index in [9.17, 15) is 9.90 Å². The average molecular weight is 276 g/mol. The van der Waals surface area contributed by atoms with Gasteiger partial charge in [0, 0.05) is 0 Å². The first-order valence-corrected chi connectivity index (χ1v) is 7.31. The van der Waals surface area contributed by atoms with Gasteiger partial charge in [-0.25, -0.2) is 4.79 Å². The summed E-state index contributed by atoms with van der Waals surface area (Å²) >= 11 is 0. The Kier molecular flexibility index (Phi) is 4.48. The third-order valence-electron chi connectivity index (χ3n) is 3.97. The van der Waals surface area contributed by atoms with Gasteiger partial charge < -0.3 is 9.84 Å². The molecule has 1 N–H and O–H groups in total. The van der Waals surface area contributed by atoms with Gasteiger partial charge in [-0.1, -0.05) is 51.1 Å². The van der Waals surface area contributed by atoms with Crippen molar-refractivity contribution in [2.45, 2.75) is 52.2 Å².